The smallest absolute Gasteiger partial charge is 0.297 e. The third-order valence-corrected chi connectivity index (χ3v) is 3.50. The summed E-state index contributed by atoms with van der Waals surface area (Å²) in [5, 5.41) is 0.170. The highest BCUT2D eigenvalue weighted by Gasteiger charge is 2.13. The minimum absolute atomic E-state index is 0.170. The van der Waals surface area contributed by atoms with Crippen LogP contribution in [0.5, 0.6) is 0 Å². The van der Waals surface area contributed by atoms with E-state index in [1.54, 1.807) is 0 Å². The molecule has 96 valence electrons. The van der Waals surface area contributed by atoms with E-state index in [4.69, 9.17) is 11.6 Å². The lowest BCUT2D eigenvalue weighted by Crippen LogP contribution is -2.39. The lowest BCUT2D eigenvalue weighted by molar-refractivity contribution is 0.401. The number of aromatic amines is 1. The fourth-order valence-corrected chi connectivity index (χ4v) is 2.16. The number of hydrogen-bond donors (Lipinski definition) is 1. The Labute approximate surface area is 106 Å². The van der Waals surface area contributed by atoms with Gasteiger partial charge < -0.3 is 0 Å². The van der Waals surface area contributed by atoms with Gasteiger partial charge in [0.2, 0.25) is 0 Å². The van der Waals surface area contributed by atoms with Gasteiger partial charge in [-0.15, -0.1) is 0 Å². The Morgan fingerprint density at radius 2 is 1.82 bits per heavy atom. The van der Waals surface area contributed by atoms with E-state index in [0.717, 1.165) is 12.8 Å². The summed E-state index contributed by atoms with van der Waals surface area (Å²) in [5.41, 5.74) is -0.186. The second-order valence-electron chi connectivity index (χ2n) is 4.17. The van der Waals surface area contributed by atoms with Crippen molar-refractivity contribution in [1.82, 2.24) is 9.55 Å². The van der Waals surface area contributed by atoms with Gasteiger partial charge in [-0.2, -0.15) is 0 Å². The first-order chi connectivity index (χ1) is 8.04. The van der Waals surface area contributed by atoms with Gasteiger partial charge in [-0.25, -0.2) is 4.79 Å². The Hall–Kier alpha value is -1.03. The Kier molecular flexibility index (Phi) is 5.00. The zero-order chi connectivity index (χ0) is 13.0. The summed E-state index contributed by atoms with van der Waals surface area (Å²) >= 11 is 5.84. The molecule has 1 rings (SSSR count). The summed E-state index contributed by atoms with van der Waals surface area (Å²) in [7, 11) is 0. The molecule has 0 bridgehead atoms. The molecule has 1 heterocycles. The Morgan fingerprint density at radius 3 is 2.29 bits per heavy atom. The van der Waals surface area contributed by atoms with Crippen molar-refractivity contribution in [2.24, 2.45) is 5.92 Å². The van der Waals surface area contributed by atoms with Gasteiger partial charge in [0.05, 0.1) is 5.56 Å². The molecule has 0 aliphatic carbocycles. The van der Waals surface area contributed by atoms with E-state index in [0.29, 0.717) is 24.4 Å². The highest BCUT2D eigenvalue weighted by atomic mass is 35.5. The Balaban J connectivity index is 3.25. The van der Waals surface area contributed by atoms with Gasteiger partial charge in [0.1, 0.15) is 5.15 Å². The largest absolute Gasteiger partial charge is 0.329 e. The zero-order valence-electron chi connectivity index (χ0n) is 10.5. The maximum absolute atomic E-state index is 12.1. The highest BCUT2D eigenvalue weighted by Crippen LogP contribution is 2.10. The Morgan fingerprint density at radius 1 is 1.24 bits per heavy atom. The minimum Gasteiger partial charge on any atom is -0.297 e. The van der Waals surface area contributed by atoms with Gasteiger partial charge >= 0.3 is 5.69 Å². The predicted octanol–water partition coefficient (Wildman–Crippen LogP) is 2.19. The van der Waals surface area contributed by atoms with E-state index < -0.39 is 5.69 Å². The second-order valence-corrected chi connectivity index (χ2v) is 4.55. The topological polar surface area (TPSA) is 54.9 Å². The molecule has 0 fully saturated rings. The van der Waals surface area contributed by atoms with Crippen LogP contribution < -0.4 is 11.2 Å². The van der Waals surface area contributed by atoms with E-state index in [2.05, 4.69) is 18.8 Å². The van der Waals surface area contributed by atoms with Crippen LogP contribution in [0, 0.1) is 5.92 Å². The standard InChI is InChI=1S/C12H19ClN2O2/c1-4-8(5-2)7-15-11(16)9(6-3)10(13)14-12(15)17/h8H,4-7H2,1-3H3,(H,14,17). The number of H-pyrrole nitrogens is 1. The molecule has 0 aromatic carbocycles. The van der Waals surface area contributed by atoms with E-state index in [1.165, 1.54) is 4.57 Å². The summed E-state index contributed by atoms with van der Waals surface area (Å²) in [5.74, 6) is 0.347. The van der Waals surface area contributed by atoms with Crippen LogP contribution in [0.15, 0.2) is 9.59 Å². The molecule has 0 amide bonds. The second kappa shape index (κ2) is 6.05. The number of halogens is 1. The van der Waals surface area contributed by atoms with Gasteiger partial charge in [-0.3, -0.25) is 14.3 Å². The van der Waals surface area contributed by atoms with E-state index in [-0.39, 0.29) is 10.7 Å². The van der Waals surface area contributed by atoms with Crippen LogP contribution in [0.4, 0.5) is 0 Å². The molecule has 1 aromatic rings. The van der Waals surface area contributed by atoms with Gasteiger partial charge in [-0.1, -0.05) is 45.2 Å². The van der Waals surface area contributed by atoms with E-state index in [1.807, 2.05) is 6.92 Å². The summed E-state index contributed by atoms with van der Waals surface area (Å²) in [6.07, 6.45) is 2.43. The van der Waals surface area contributed by atoms with E-state index >= 15 is 0 Å². The molecule has 0 aliphatic rings. The molecule has 0 radical (unpaired) electrons. The molecular formula is C12H19ClN2O2. The third kappa shape index (κ3) is 3.00. The molecule has 0 spiro atoms. The summed E-state index contributed by atoms with van der Waals surface area (Å²) in [6.45, 7) is 6.43. The van der Waals surface area contributed by atoms with Crippen LogP contribution in [0.25, 0.3) is 0 Å². The fraction of sp³-hybridized carbons (Fsp3) is 0.667. The molecular weight excluding hydrogens is 240 g/mol. The molecule has 1 aromatic heterocycles. The molecule has 4 nitrogen and oxygen atoms in total. The summed E-state index contributed by atoms with van der Waals surface area (Å²) in [6, 6.07) is 0. The first-order valence-corrected chi connectivity index (χ1v) is 6.44. The molecule has 0 aliphatic heterocycles. The average Bonchev–Trinajstić information content (AvgIpc) is 2.29. The molecule has 0 unspecified atom stereocenters. The minimum atomic E-state index is -0.413. The van der Waals surface area contributed by atoms with E-state index in [9.17, 15) is 9.59 Å². The maximum atomic E-state index is 12.1. The number of rotatable bonds is 5. The lowest BCUT2D eigenvalue weighted by atomic mass is 10.0. The average molecular weight is 259 g/mol. The van der Waals surface area contributed by atoms with Crippen LogP contribution in [0.3, 0.4) is 0 Å². The quantitative estimate of drug-likeness (QED) is 0.823. The van der Waals surface area contributed by atoms with Crippen molar-refractivity contribution in [1.29, 1.82) is 0 Å². The van der Waals surface area contributed by atoms with Crippen molar-refractivity contribution in [3.8, 4) is 0 Å². The molecule has 5 heteroatoms. The van der Waals surface area contributed by atoms with Gasteiger partial charge in [-0.05, 0) is 12.3 Å². The van der Waals surface area contributed by atoms with Crippen molar-refractivity contribution in [3.63, 3.8) is 0 Å². The molecule has 1 N–H and O–H groups in total. The molecule has 0 saturated heterocycles. The predicted molar refractivity (Wildman–Crippen MR) is 69.8 cm³/mol. The lowest BCUT2D eigenvalue weighted by Gasteiger charge is -2.14. The van der Waals surface area contributed by atoms with Crippen molar-refractivity contribution < 1.29 is 0 Å². The van der Waals surface area contributed by atoms with Crippen molar-refractivity contribution in [3.05, 3.63) is 31.6 Å². The first kappa shape index (κ1) is 14.0. The van der Waals surface area contributed by atoms with Gasteiger partial charge in [0.25, 0.3) is 5.56 Å². The van der Waals surface area contributed by atoms with Crippen molar-refractivity contribution in [2.75, 3.05) is 0 Å². The summed E-state index contributed by atoms with van der Waals surface area (Å²) in [4.78, 5) is 26.3. The fourth-order valence-electron chi connectivity index (χ4n) is 1.86. The monoisotopic (exact) mass is 258 g/mol. The molecule has 17 heavy (non-hydrogen) atoms. The number of hydrogen-bond acceptors (Lipinski definition) is 2. The van der Waals surface area contributed by atoms with Crippen LogP contribution in [-0.4, -0.2) is 9.55 Å². The number of nitrogens with one attached hydrogen (secondary N) is 1. The van der Waals surface area contributed by atoms with Crippen LogP contribution >= 0.6 is 11.6 Å². The highest BCUT2D eigenvalue weighted by molar-refractivity contribution is 6.30. The normalized spacial score (nSPS) is 11.1. The first-order valence-electron chi connectivity index (χ1n) is 6.06. The van der Waals surface area contributed by atoms with Gasteiger partial charge in [0, 0.05) is 6.54 Å². The van der Waals surface area contributed by atoms with Crippen LogP contribution in [0.1, 0.15) is 39.2 Å². The maximum Gasteiger partial charge on any atom is 0.329 e. The van der Waals surface area contributed by atoms with Crippen molar-refractivity contribution in [2.45, 2.75) is 46.6 Å². The third-order valence-electron chi connectivity index (χ3n) is 3.18. The Bertz CT molecular complexity index is 486. The number of aromatic nitrogens is 2. The van der Waals surface area contributed by atoms with Gasteiger partial charge in [0.15, 0.2) is 0 Å². The van der Waals surface area contributed by atoms with Crippen LogP contribution in [-0.2, 0) is 13.0 Å². The zero-order valence-corrected chi connectivity index (χ0v) is 11.3. The molecule has 0 atom stereocenters. The van der Waals surface area contributed by atoms with Crippen molar-refractivity contribution >= 4 is 11.6 Å². The molecule has 0 saturated carbocycles. The number of nitrogens with zero attached hydrogens (tertiary/aromatic N) is 1. The summed E-state index contributed by atoms with van der Waals surface area (Å²) < 4.78 is 1.27. The van der Waals surface area contributed by atoms with Crippen LogP contribution in [0.2, 0.25) is 5.15 Å². The SMILES string of the molecule is CCc1c(Cl)[nH]c(=O)n(CC(CC)CC)c1=O.